The van der Waals surface area contributed by atoms with Crippen molar-refractivity contribution in [1.82, 2.24) is 4.90 Å². The zero-order valence-electron chi connectivity index (χ0n) is 11.8. The smallest absolute Gasteiger partial charge is 0.123 e. The van der Waals surface area contributed by atoms with Crippen molar-refractivity contribution >= 4 is 5.69 Å². The Hall–Kier alpha value is -2.00. The summed E-state index contributed by atoms with van der Waals surface area (Å²) in [6, 6.07) is 16.4. The largest absolute Gasteiger partial charge is 0.488 e. The molecular formula is C17H20N2O. The number of nitrogen functional groups attached to an aromatic ring is 1. The summed E-state index contributed by atoms with van der Waals surface area (Å²) >= 11 is 0. The van der Waals surface area contributed by atoms with E-state index in [0.717, 1.165) is 30.9 Å². The minimum atomic E-state index is 0.256. The monoisotopic (exact) mass is 268 g/mol. The number of hydrogen-bond donors (Lipinski definition) is 1. The number of fused-ring (bicyclic) bond motifs is 1. The van der Waals surface area contributed by atoms with Crippen LogP contribution in [0.4, 0.5) is 5.69 Å². The van der Waals surface area contributed by atoms with Gasteiger partial charge in [0.2, 0.25) is 0 Å². The molecule has 0 radical (unpaired) electrons. The van der Waals surface area contributed by atoms with E-state index in [4.69, 9.17) is 10.5 Å². The molecule has 1 aliphatic rings. The molecule has 1 aliphatic heterocycles. The van der Waals surface area contributed by atoms with Crippen molar-refractivity contribution in [3.05, 3.63) is 59.7 Å². The van der Waals surface area contributed by atoms with Crippen LogP contribution in [0, 0.1) is 0 Å². The van der Waals surface area contributed by atoms with Gasteiger partial charge in [0, 0.05) is 25.2 Å². The molecule has 2 aromatic rings. The fourth-order valence-corrected chi connectivity index (χ4v) is 2.70. The second-order valence-electron chi connectivity index (χ2n) is 5.49. The van der Waals surface area contributed by atoms with Crippen LogP contribution in [0.5, 0.6) is 5.75 Å². The van der Waals surface area contributed by atoms with E-state index >= 15 is 0 Å². The number of nitrogens with zero attached hydrogens (tertiary/aromatic N) is 1. The lowest BCUT2D eigenvalue weighted by Crippen LogP contribution is -2.31. The first-order valence-electron chi connectivity index (χ1n) is 6.98. The average Bonchev–Trinajstić information content (AvgIpc) is 2.83. The first kappa shape index (κ1) is 13.0. The second-order valence-corrected chi connectivity index (χ2v) is 5.49. The standard InChI is InChI=1S/C17H20N2O/c1-19(11-13-6-8-15(18)9-7-13)12-16-10-14-4-2-3-5-17(14)20-16/h2-9,16H,10-12,18H2,1H3. The van der Waals surface area contributed by atoms with E-state index in [-0.39, 0.29) is 6.10 Å². The minimum Gasteiger partial charge on any atom is -0.488 e. The summed E-state index contributed by atoms with van der Waals surface area (Å²) in [5.41, 5.74) is 9.11. The summed E-state index contributed by atoms with van der Waals surface area (Å²) < 4.78 is 5.97. The van der Waals surface area contributed by atoms with Gasteiger partial charge in [-0.2, -0.15) is 0 Å². The molecule has 1 heterocycles. The summed E-state index contributed by atoms with van der Waals surface area (Å²) in [7, 11) is 2.13. The van der Waals surface area contributed by atoms with Crippen molar-refractivity contribution in [2.24, 2.45) is 0 Å². The Labute approximate surface area is 120 Å². The summed E-state index contributed by atoms with van der Waals surface area (Å²) in [6.07, 6.45) is 1.26. The molecule has 3 heteroatoms. The number of hydrogen-bond acceptors (Lipinski definition) is 3. The van der Waals surface area contributed by atoms with E-state index in [1.54, 1.807) is 0 Å². The Morgan fingerprint density at radius 2 is 1.90 bits per heavy atom. The van der Waals surface area contributed by atoms with Gasteiger partial charge in [0.15, 0.2) is 0 Å². The van der Waals surface area contributed by atoms with Crippen molar-refractivity contribution in [2.45, 2.75) is 19.1 Å². The van der Waals surface area contributed by atoms with Crippen LogP contribution in [0.15, 0.2) is 48.5 Å². The molecule has 0 saturated carbocycles. The topological polar surface area (TPSA) is 38.5 Å². The van der Waals surface area contributed by atoms with E-state index in [1.165, 1.54) is 11.1 Å². The van der Waals surface area contributed by atoms with Crippen molar-refractivity contribution in [2.75, 3.05) is 19.3 Å². The molecule has 0 spiro atoms. The van der Waals surface area contributed by atoms with Gasteiger partial charge in [-0.25, -0.2) is 0 Å². The zero-order valence-corrected chi connectivity index (χ0v) is 11.8. The van der Waals surface area contributed by atoms with Crippen LogP contribution in [0.1, 0.15) is 11.1 Å². The van der Waals surface area contributed by atoms with Gasteiger partial charge in [-0.15, -0.1) is 0 Å². The average molecular weight is 268 g/mol. The zero-order chi connectivity index (χ0) is 13.9. The van der Waals surface area contributed by atoms with Crippen LogP contribution in [-0.2, 0) is 13.0 Å². The molecule has 1 atom stereocenters. The molecule has 2 N–H and O–H groups in total. The number of benzene rings is 2. The second kappa shape index (κ2) is 5.55. The summed E-state index contributed by atoms with van der Waals surface area (Å²) in [5, 5.41) is 0. The lowest BCUT2D eigenvalue weighted by Gasteiger charge is -2.20. The molecule has 1 unspecified atom stereocenters. The molecule has 3 rings (SSSR count). The highest BCUT2D eigenvalue weighted by molar-refractivity contribution is 5.39. The van der Waals surface area contributed by atoms with Gasteiger partial charge in [0.25, 0.3) is 0 Å². The Morgan fingerprint density at radius 1 is 1.15 bits per heavy atom. The fraction of sp³-hybridized carbons (Fsp3) is 0.294. The Balaban J connectivity index is 1.55. The van der Waals surface area contributed by atoms with Gasteiger partial charge in [0.05, 0.1) is 0 Å². The predicted molar refractivity (Wildman–Crippen MR) is 81.8 cm³/mol. The third-order valence-corrected chi connectivity index (χ3v) is 3.66. The van der Waals surface area contributed by atoms with Crippen LogP contribution < -0.4 is 10.5 Å². The van der Waals surface area contributed by atoms with Crippen molar-refractivity contribution in [1.29, 1.82) is 0 Å². The number of likely N-dealkylation sites (N-methyl/N-ethyl adjacent to an activating group) is 1. The van der Waals surface area contributed by atoms with Crippen LogP contribution in [0.3, 0.4) is 0 Å². The van der Waals surface area contributed by atoms with Gasteiger partial charge < -0.3 is 10.5 Å². The lowest BCUT2D eigenvalue weighted by molar-refractivity contribution is 0.165. The SMILES string of the molecule is CN(Cc1ccc(N)cc1)CC1Cc2ccccc2O1. The molecular weight excluding hydrogens is 248 g/mol. The van der Waals surface area contributed by atoms with Crippen LogP contribution in [-0.4, -0.2) is 24.6 Å². The first-order valence-corrected chi connectivity index (χ1v) is 6.98. The van der Waals surface area contributed by atoms with E-state index < -0.39 is 0 Å². The van der Waals surface area contributed by atoms with Gasteiger partial charge >= 0.3 is 0 Å². The van der Waals surface area contributed by atoms with Gasteiger partial charge in [0.1, 0.15) is 11.9 Å². The van der Waals surface area contributed by atoms with Gasteiger partial charge in [-0.1, -0.05) is 30.3 Å². The molecule has 0 aromatic heterocycles. The van der Waals surface area contributed by atoms with Crippen LogP contribution in [0.25, 0.3) is 0 Å². The Kier molecular flexibility index (Phi) is 3.61. The fourth-order valence-electron chi connectivity index (χ4n) is 2.70. The van der Waals surface area contributed by atoms with E-state index in [1.807, 2.05) is 18.2 Å². The highest BCUT2D eigenvalue weighted by Gasteiger charge is 2.23. The third kappa shape index (κ3) is 2.94. The van der Waals surface area contributed by atoms with Gasteiger partial charge in [-0.3, -0.25) is 4.90 Å². The molecule has 0 bridgehead atoms. The molecule has 0 aliphatic carbocycles. The van der Waals surface area contributed by atoms with Crippen LogP contribution in [0.2, 0.25) is 0 Å². The summed E-state index contributed by atoms with van der Waals surface area (Å²) in [4.78, 5) is 2.29. The first-order chi connectivity index (χ1) is 9.70. The predicted octanol–water partition coefficient (Wildman–Crippen LogP) is 2.70. The van der Waals surface area contributed by atoms with Crippen LogP contribution >= 0.6 is 0 Å². The van der Waals surface area contributed by atoms with Crippen molar-refractivity contribution in [3.8, 4) is 5.75 Å². The van der Waals surface area contributed by atoms with E-state index in [0.29, 0.717) is 0 Å². The maximum atomic E-state index is 5.97. The number of rotatable bonds is 4. The maximum Gasteiger partial charge on any atom is 0.123 e. The Bertz CT molecular complexity index is 555. The molecule has 20 heavy (non-hydrogen) atoms. The minimum absolute atomic E-state index is 0.256. The van der Waals surface area contributed by atoms with E-state index in [9.17, 15) is 0 Å². The highest BCUT2D eigenvalue weighted by Crippen LogP contribution is 2.28. The number of para-hydroxylation sites is 1. The molecule has 104 valence electrons. The quantitative estimate of drug-likeness (QED) is 0.866. The number of anilines is 1. The molecule has 0 amide bonds. The normalized spacial score (nSPS) is 17.0. The molecule has 0 fully saturated rings. The third-order valence-electron chi connectivity index (χ3n) is 3.66. The van der Waals surface area contributed by atoms with E-state index in [2.05, 4.69) is 42.3 Å². The molecule has 3 nitrogen and oxygen atoms in total. The Morgan fingerprint density at radius 3 is 2.65 bits per heavy atom. The molecule has 2 aromatic carbocycles. The molecule has 0 saturated heterocycles. The summed E-state index contributed by atoms with van der Waals surface area (Å²) in [5.74, 6) is 1.04. The van der Waals surface area contributed by atoms with Crippen molar-refractivity contribution < 1.29 is 4.74 Å². The van der Waals surface area contributed by atoms with Gasteiger partial charge in [-0.05, 0) is 36.4 Å². The number of nitrogens with two attached hydrogens (primary N) is 1. The summed E-state index contributed by atoms with van der Waals surface area (Å²) in [6.45, 7) is 1.84. The highest BCUT2D eigenvalue weighted by atomic mass is 16.5. The maximum absolute atomic E-state index is 5.97. The lowest BCUT2D eigenvalue weighted by atomic mass is 10.1. The van der Waals surface area contributed by atoms with Crippen molar-refractivity contribution in [3.63, 3.8) is 0 Å². The number of ether oxygens (including phenoxy) is 1.